The Morgan fingerprint density at radius 3 is 2.53 bits per heavy atom. The lowest BCUT2D eigenvalue weighted by Gasteiger charge is -2.16. The zero-order valence-corrected chi connectivity index (χ0v) is 21.7. The first-order valence-electron chi connectivity index (χ1n) is 12.2. The third-order valence-corrected chi connectivity index (χ3v) is 7.35. The molecular formula is C25H34N6O4S. The van der Waals surface area contributed by atoms with E-state index in [0.29, 0.717) is 36.8 Å². The van der Waals surface area contributed by atoms with Gasteiger partial charge in [0.1, 0.15) is 21.9 Å². The highest BCUT2D eigenvalue weighted by Gasteiger charge is 2.38. The summed E-state index contributed by atoms with van der Waals surface area (Å²) in [4.78, 5) is 41.6. The molecule has 2 aliphatic rings. The number of hydrogen-bond acceptors (Lipinski definition) is 8. The molecule has 1 aromatic carbocycles. The van der Waals surface area contributed by atoms with E-state index < -0.39 is 11.2 Å². The highest BCUT2D eigenvalue weighted by Crippen LogP contribution is 2.37. The summed E-state index contributed by atoms with van der Waals surface area (Å²) in [5.41, 5.74) is 1.28. The summed E-state index contributed by atoms with van der Waals surface area (Å²) in [5, 5.41) is 18.3. The third kappa shape index (κ3) is 7.22. The summed E-state index contributed by atoms with van der Waals surface area (Å²) in [5.74, 6) is -0.786. The van der Waals surface area contributed by atoms with Gasteiger partial charge in [0.05, 0.1) is 6.61 Å². The van der Waals surface area contributed by atoms with Crippen molar-refractivity contribution < 1.29 is 19.1 Å². The first kappa shape index (κ1) is 27.5. The van der Waals surface area contributed by atoms with Gasteiger partial charge in [-0.2, -0.15) is 5.26 Å². The van der Waals surface area contributed by atoms with Crippen molar-refractivity contribution in [3.05, 3.63) is 40.4 Å². The number of nitriles is 1. The number of anilines is 1. The lowest BCUT2D eigenvalue weighted by Crippen LogP contribution is -2.34. The van der Waals surface area contributed by atoms with Crippen molar-refractivity contribution in [1.82, 2.24) is 20.4 Å². The Balaban J connectivity index is 1.54. The van der Waals surface area contributed by atoms with Crippen LogP contribution in [0.15, 0.2) is 34.9 Å². The van der Waals surface area contributed by atoms with Crippen LogP contribution < -0.4 is 16.0 Å². The number of rotatable bonds is 12. The molecule has 0 bridgehead atoms. The fourth-order valence-electron chi connectivity index (χ4n) is 4.08. The van der Waals surface area contributed by atoms with Crippen molar-refractivity contribution >= 4 is 35.2 Å². The number of hydrogen-bond donors (Lipinski definition) is 3. The quantitative estimate of drug-likeness (QED) is 0.217. The highest BCUT2D eigenvalue weighted by atomic mass is 32.2. The number of ether oxygens (including phenoxy) is 1. The van der Waals surface area contributed by atoms with E-state index in [1.54, 1.807) is 31.2 Å². The summed E-state index contributed by atoms with van der Waals surface area (Å²) in [6, 6.07) is 9.05. The maximum Gasteiger partial charge on any atom is 0.264 e. The van der Waals surface area contributed by atoms with Gasteiger partial charge in [0, 0.05) is 51.1 Å². The Kier molecular flexibility index (Phi) is 10.6. The van der Waals surface area contributed by atoms with Gasteiger partial charge in [-0.05, 0) is 57.1 Å². The zero-order chi connectivity index (χ0) is 25.9. The molecule has 2 aliphatic heterocycles. The van der Waals surface area contributed by atoms with Crippen LogP contribution in [0.25, 0.3) is 0 Å². The first-order chi connectivity index (χ1) is 17.5. The predicted molar refractivity (Wildman–Crippen MR) is 139 cm³/mol. The van der Waals surface area contributed by atoms with Crippen LogP contribution in [-0.2, 0) is 14.3 Å². The van der Waals surface area contributed by atoms with Gasteiger partial charge in [0.15, 0.2) is 0 Å². The summed E-state index contributed by atoms with van der Waals surface area (Å²) >= 11 is 1.21. The minimum absolute atomic E-state index is 0.0751. The lowest BCUT2D eigenvalue weighted by molar-refractivity contribution is -0.127. The molecule has 36 heavy (non-hydrogen) atoms. The lowest BCUT2D eigenvalue weighted by atomic mass is 10.2. The Bertz CT molecular complexity index is 1000. The predicted octanol–water partition coefficient (Wildman–Crippen LogP) is 1.39. The van der Waals surface area contributed by atoms with Crippen LogP contribution in [0.1, 0.15) is 30.1 Å². The Morgan fingerprint density at radius 1 is 1.17 bits per heavy atom. The Labute approximate surface area is 216 Å². The number of likely N-dealkylation sites (tertiary alicyclic amines) is 1. The van der Waals surface area contributed by atoms with Crippen LogP contribution in [0.2, 0.25) is 0 Å². The van der Waals surface area contributed by atoms with Crippen molar-refractivity contribution in [1.29, 1.82) is 5.26 Å². The zero-order valence-electron chi connectivity index (χ0n) is 20.8. The average Bonchev–Trinajstić information content (AvgIpc) is 3.51. The van der Waals surface area contributed by atoms with E-state index in [4.69, 9.17) is 4.74 Å². The largest absolute Gasteiger partial charge is 0.383 e. The van der Waals surface area contributed by atoms with Crippen LogP contribution in [0.3, 0.4) is 0 Å². The van der Waals surface area contributed by atoms with Crippen LogP contribution in [0.5, 0.6) is 0 Å². The van der Waals surface area contributed by atoms with Gasteiger partial charge in [-0.15, -0.1) is 0 Å². The van der Waals surface area contributed by atoms with Gasteiger partial charge in [0.25, 0.3) is 11.8 Å². The minimum atomic E-state index is -0.522. The monoisotopic (exact) mass is 514 g/mol. The second-order valence-electron chi connectivity index (χ2n) is 8.49. The number of carbonyl (C=O) groups excluding carboxylic acids is 3. The van der Waals surface area contributed by atoms with Gasteiger partial charge in [0.2, 0.25) is 5.91 Å². The van der Waals surface area contributed by atoms with Gasteiger partial charge in [-0.25, -0.2) is 0 Å². The van der Waals surface area contributed by atoms with Crippen LogP contribution in [0.4, 0.5) is 5.69 Å². The van der Waals surface area contributed by atoms with Crippen molar-refractivity contribution in [2.45, 2.75) is 25.0 Å². The van der Waals surface area contributed by atoms with Gasteiger partial charge < -0.3 is 30.5 Å². The molecule has 0 aromatic heterocycles. The Hall–Kier alpha value is -3.07. The number of nitrogens with one attached hydrogen (secondary N) is 3. The van der Waals surface area contributed by atoms with E-state index in [2.05, 4.69) is 20.9 Å². The van der Waals surface area contributed by atoms with Crippen molar-refractivity contribution in [2.75, 3.05) is 64.8 Å². The molecule has 3 amide bonds. The molecule has 1 atom stereocenters. The third-order valence-electron chi connectivity index (χ3n) is 6.05. The molecule has 2 heterocycles. The smallest absolute Gasteiger partial charge is 0.264 e. The standard InChI is InChI=1S/C25H34N6O4S/c1-3-31-24(34)21(36-25(31)20(16-26)23(33)28-11-15-35-2)17-29-19-8-6-18(7-9-19)22(32)27-10-14-30-12-4-5-13-30/h6-9,21,29H,3-5,10-15,17H2,1-2H3,(H,27,32)(H,28,33)/b25-20-. The molecule has 194 valence electrons. The summed E-state index contributed by atoms with van der Waals surface area (Å²) < 4.78 is 4.92. The fraction of sp³-hybridized carbons (Fsp3) is 0.520. The molecule has 0 radical (unpaired) electrons. The molecule has 11 heteroatoms. The second kappa shape index (κ2) is 13.9. The molecule has 1 aromatic rings. The van der Waals surface area contributed by atoms with Gasteiger partial charge in [-0.1, -0.05) is 11.8 Å². The maximum absolute atomic E-state index is 12.9. The van der Waals surface area contributed by atoms with E-state index in [1.165, 1.54) is 36.6 Å². The van der Waals surface area contributed by atoms with E-state index in [1.807, 2.05) is 6.07 Å². The molecule has 3 rings (SSSR count). The van der Waals surface area contributed by atoms with E-state index >= 15 is 0 Å². The molecule has 0 saturated carbocycles. The number of benzene rings is 1. The normalized spacial score (nSPS) is 19.2. The molecule has 2 saturated heterocycles. The number of carbonyl (C=O) groups is 3. The van der Waals surface area contributed by atoms with Crippen molar-refractivity contribution in [2.24, 2.45) is 0 Å². The fourth-order valence-corrected chi connectivity index (χ4v) is 5.35. The maximum atomic E-state index is 12.9. The Morgan fingerprint density at radius 2 is 1.89 bits per heavy atom. The second-order valence-corrected chi connectivity index (χ2v) is 9.68. The number of nitrogens with zero attached hydrogens (tertiary/aromatic N) is 3. The SMILES string of the molecule is CCN1C(=O)C(CNc2ccc(C(=O)NCCN3CCCC3)cc2)S/C1=C(/C#N)C(=O)NCCOC. The van der Waals surface area contributed by atoms with E-state index in [-0.39, 0.29) is 23.9 Å². The molecule has 1 unspecified atom stereocenters. The summed E-state index contributed by atoms with van der Waals surface area (Å²) in [7, 11) is 1.52. The topological polar surface area (TPSA) is 127 Å². The van der Waals surface area contributed by atoms with Crippen LogP contribution >= 0.6 is 11.8 Å². The number of amides is 3. The molecule has 0 aliphatic carbocycles. The first-order valence-corrected chi connectivity index (χ1v) is 13.1. The minimum Gasteiger partial charge on any atom is -0.383 e. The van der Waals surface area contributed by atoms with Crippen molar-refractivity contribution in [3.8, 4) is 6.07 Å². The van der Waals surface area contributed by atoms with E-state index in [9.17, 15) is 19.6 Å². The average molecular weight is 515 g/mol. The van der Waals surface area contributed by atoms with Gasteiger partial charge in [-0.3, -0.25) is 14.4 Å². The molecule has 10 nitrogen and oxygen atoms in total. The van der Waals surface area contributed by atoms with Crippen molar-refractivity contribution in [3.63, 3.8) is 0 Å². The van der Waals surface area contributed by atoms with Crippen LogP contribution in [-0.4, -0.2) is 92.3 Å². The number of methoxy groups -OCH3 is 1. The molecule has 2 fully saturated rings. The molecular weight excluding hydrogens is 480 g/mol. The summed E-state index contributed by atoms with van der Waals surface area (Å²) in [6.07, 6.45) is 2.45. The summed E-state index contributed by atoms with van der Waals surface area (Å²) in [6.45, 7) is 6.77. The van der Waals surface area contributed by atoms with Gasteiger partial charge >= 0.3 is 0 Å². The number of thioether (sulfide) groups is 1. The van der Waals surface area contributed by atoms with E-state index in [0.717, 1.165) is 25.3 Å². The molecule has 0 spiro atoms. The van der Waals surface area contributed by atoms with Crippen LogP contribution in [0, 0.1) is 11.3 Å². The highest BCUT2D eigenvalue weighted by molar-refractivity contribution is 8.04. The molecule has 3 N–H and O–H groups in total.